The van der Waals surface area contributed by atoms with Crippen molar-refractivity contribution in [3.8, 4) is 0 Å². The lowest BCUT2D eigenvalue weighted by atomic mass is 9.93. The van der Waals surface area contributed by atoms with Gasteiger partial charge in [0.15, 0.2) is 5.13 Å². The number of amides is 1. The molecule has 0 unspecified atom stereocenters. The molecule has 0 spiro atoms. The van der Waals surface area contributed by atoms with Gasteiger partial charge in [-0.2, -0.15) is 0 Å². The van der Waals surface area contributed by atoms with Crippen LogP contribution in [0.3, 0.4) is 0 Å². The van der Waals surface area contributed by atoms with E-state index in [1.165, 1.54) is 23.7 Å². The number of hydrogen-bond donors (Lipinski definition) is 3. The number of anilines is 2. The van der Waals surface area contributed by atoms with E-state index in [4.69, 9.17) is 5.84 Å². The predicted octanol–water partition coefficient (Wildman–Crippen LogP) is 2.37. The van der Waals surface area contributed by atoms with Gasteiger partial charge in [-0.05, 0) is 6.07 Å². The van der Waals surface area contributed by atoms with Crippen LogP contribution in [0, 0.1) is 0 Å². The van der Waals surface area contributed by atoms with Crippen molar-refractivity contribution in [1.82, 2.24) is 9.97 Å². The third-order valence-electron chi connectivity index (χ3n) is 2.71. The molecule has 2 aromatic heterocycles. The summed E-state index contributed by atoms with van der Waals surface area (Å²) in [5, 5.41) is 5.29. The van der Waals surface area contributed by atoms with E-state index in [2.05, 4.69) is 41.5 Å². The van der Waals surface area contributed by atoms with Crippen LogP contribution >= 0.6 is 11.3 Å². The molecule has 0 saturated heterocycles. The average Bonchev–Trinajstić information content (AvgIpc) is 2.87. The highest BCUT2D eigenvalue weighted by atomic mass is 32.1. The van der Waals surface area contributed by atoms with E-state index in [-0.39, 0.29) is 11.3 Å². The molecule has 0 atom stereocenters. The van der Waals surface area contributed by atoms with Gasteiger partial charge in [-0.3, -0.25) is 20.9 Å². The second-order valence-corrected chi connectivity index (χ2v) is 6.17. The molecular formula is C13H17N5OS. The van der Waals surface area contributed by atoms with Gasteiger partial charge in [0, 0.05) is 17.0 Å². The molecule has 2 rings (SSSR count). The van der Waals surface area contributed by atoms with E-state index in [0.29, 0.717) is 16.4 Å². The highest BCUT2D eigenvalue weighted by molar-refractivity contribution is 7.14. The van der Waals surface area contributed by atoms with Crippen molar-refractivity contribution in [2.24, 2.45) is 5.84 Å². The summed E-state index contributed by atoms with van der Waals surface area (Å²) in [6, 6.07) is 1.60. The number of hydrogen-bond acceptors (Lipinski definition) is 6. The van der Waals surface area contributed by atoms with Crippen molar-refractivity contribution in [3.63, 3.8) is 0 Å². The van der Waals surface area contributed by atoms with Crippen molar-refractivity contribution >= 4 is 28.1 Å². The molecule has 2 heterocycles. The SMILES string of the molecule is CC(C)(C)c1csc(NC(=O)c2ccncc2NN)n1. The first-order valence-corrected chi connectivity index (χ1v) is 6.98. The Morgan fingerprint density at radius 3 is 2.75 bits per heavy atom. The Labute approximate surface area is 121 Å². The first-order valence-electron chi connectivity index (χ1n) is 6.10. The van der Waals surface area contributed by atoms with Gasteiger partial charge in [0.2, 0.25) is 0 Å². The number of thiazole rings is 1. The van der Waals surface area contributed by atoms with Crippen LogP contribution < -0.4 is 16.6 Å². The summed E-state index contributed by atoms with van der Waals surface area (Å²) in [5.74, 6) is 5.09. The lowest BCUT2D eigenvalue weighted by Crippen LogP contribution is -2.18. The number of nitrogen functional groups attached to an aromatic ring is 1. The minimum atomic E-state index is -0.268. The first-order chi connectivity index (χ1) is 9.41. The van der Waals surface area contributed by atoms with Crippen LogP contribution in [0.2, 0.25) is 0 Å². The third kappa shape index (κ3) is 3.12. The number of rotatable bonds is 3. The summed E-state index contributed by atoms with van der Waals surface area (Å²) in [5.41, 5.74) is 4.25. The Bertz CT molecular complexity index is 617. The Hall–Kier alpha value is -1.99. The largest absolute Gasteiger partial charge is 0.322 e. The molecule has 1 amide bonds. The number of carbonyl (C=O) groups excluding carboxylic acids is 1. The van der Waals surface area contributed by atoms with Crippen molar-refractivity contribution in [1.29, 1.82) is 0 Å². The van der Waals surface area contributed by atoms with Crippen LogP contribution in [0.4, 0.5) is 10.8 Å². The molecule has 7 heteroatoms. The lowest BCUT2D eigenvalue weighted by molar-refractivity contribution is 0.102. The summed E-state index contributed by atoms with van der Waals surface area (Å²) < 4.78 is 0. The van der Waals surface area contributed by atoms with Crippen molar-refractivity contribution in [2.45, 2.75) is 26.2 Å². The Morgan fingerprint density at radius 2 is 2.15 bits per heavy atom. The van der Waals surface area contributed by atoms with Crippen LogP contribution in [0.25, 0.3) is 0 Å². The number of pyridine rings is 1. The topological polar surface area (TPSA) is 92.9 Å². The fraction of sp³-hybridized carbons (Fsp3) is 0.308. The predicted molar refractivity (Wildman–Crippen MR) is 80.8 cm³/mol. The molecule has 0 aliphatic carbocycles. The van der Waals surface area contributed by atoms with Gasteiger partial charge in [0.25, 0.3) is 5.91 Å². The lowest BCUT2D eigenvalue weighted by Gasteiger charge is -2.14. The number of nitrogens with two attached hydrogens (primary N) is 1. The van der Waals surface area contributed by atoms with Crippen LogP contribution in [0.1, 0.15) is 36.8 Å². The molecule has 0 bridgehead atoms. The fourth-order valence-corrected chi connectivity index (χ4v) is 2.48. The minimum Gasteiger partial charge on any atom is -0.322 e. The Kier molecular flexibility index (Phi) is 4.01. The monoisotopic (exact) mass is 291 g/mol. The zero-order valence-electron chi connectivity index (χ0n) is 11.6. The van der Waals surface area contributed by atoms with Gasteiger partial charge in [0.05, 0.1) is 23.1 Å². The van der Waals surface area contributed by atoms with Gasteiger partial charge in [-0.25, -0.2) is 4.98 Å². The van der Waals surface area contributed by atoms with E-state index in [1.54, 1.807) is 6.07 Å². The van der Waals surface area contributed by atoms with Crippen LogP contribution in [-0.4, -0.2) is 15.9 Å². The first kappa shape index (κ1) is 14.4. The molecule has 4 N–H and O–H groups in total. The average molecular weight is 291 g/mol. The van der Waals surface area contributed by atoms with Gasteiger partial charge in [-0.15, -0.1) is 11.3 Å². The summed E-state index contributed by atoms with van der Waals surface area (Å²) in [6.45, 7) is 6.23. The second-order valence-electron chi connectivity index (χ2n) is 5.31. The summed E-state index contributed by atoms with van der Waals surface area (Å²) in [7, 11) is 0. The number of nitrogens with one attached hydrogen (secondary N) is 2. The van der Waals surface area contributed by atoms with Gasteiger partial charge < -0.3 is 5.43 Å². The fourth-order valence-electron chi connectivity index (χ4n) is 1.55. The second kappa shape index (κ2) is 5.56. The molecule has 0 aliphatic heterocycles. The van der Waals surface area contributed by atoms with E-state index < -0.39 is 0 Å². The standard InChI is InChI=1S/C13H17N5OS/c1-13(2,3)10-7-20-12(16-10)17-11(19)8-4-5-15-6-9(8)18-14/h4-7,18H,14H2,1-3H3,(H,16,17,19). The quantitative estimate of drug-likeness (QED) is 0.596. The molecule has 0 aromatic carbocycles. The number of aromatic nitrogens is 2. The van der Waals surface area contributed by atoms with Crippen LogP contribution in [0.5, 0.6) is 0 Å². The third-order valence-corrected chi connectivity index (χ3v) is 3.47. The van der Waals surface area contributed by atoms with E-state index >= 15 is 0 Å². The van der Waals surface area contributed by atoms with Crippen molar-refractivity contribution in [2.75, 3.05) is 10.7 Å². The van der Waals surface area contributed by atoms with Crippen LogP contribution in [0.15, 0.2) is 23.8 Å². The summed E-state index contributed by atoms with van der Waals surface area (Å²) >= 11 is 1.40. The Morgan fingerprint density at radius 1 is 1.40 bits per heavy atom. The normalized spacial score (nSPS) is 11.2. The molecule has 0 saturated carbocycles. The summed E-state index contributed by atoms with van der Waals surface area (Å²) in [6.07, 6.45) is 3.04. The van der Waals surface area contributed by atoms with E-state index in [9.17, 15) is 4.79 Å². The molecule has 0 radical (unpaired) electrons. The zero-order valence-corrected chi connectivity index (χ0v) is 12.4. The smallest absolute Gasteiger partial charge is 0.259 e. The number of carbonyl (C=O) groups is 1. The van der Waals surface area contributed by atoms with Crippen LogP contribution in [-0.2, 0) is 5.41 Å². The Balaban J connectivity index is 2.18. The summed E-state index contributed by atoms with van der Waals surface area (Å²) in [4.78, 5) is 20.5. The highest BCUT2D eigenvalue weighted by Crippen LogP contribution is 2.26. The number of hydrazine groups is 1. The molecular weight excluding hydrogens is 274 g/mol. The maximum atomic E-state index is 12.2. The van der Waals surface area contributed by atoms with Gasteiger partial charge in [-0.1, -0.05) is 20.8 Å². The van der Waals surface area contributed by atoms with Gasteiger partial charge >= 0.3 is 0 Å². The molecule has 106 valence electrons. The maximum Gasteiger partial charge on any atom is 0.259 e. The number of nitrogens with zero attached hydrogens (tertiary/aromatic N) is 2. The molecule has 20 heavy (non-hydrogen) atoms. The molecule has 6 nitrogen and oxygen atoms in total. The van der Waals surface area contributed by atoms with Crippen molar-refractivity contribution in [3.05, 3.63) is 35.1 Å². The molecule has 2 aromatic rings. The maximum absolute atomic E-state index is 12.2. The molecule has 0 aliphatic rings. The molecule has 0 fully saturated rings. The zero-order chi connectivity index (χ0) is 14.8. The van der Waals surface area contributed by atoms with Gasteiger partial charge in [0.1, 0.15) is 0 Å². The van der Waals surface area contributed by atoms with E-state index in [0.717, 1.165) is 5.69 Å². The van der Waals surface area contributed by atoms with Crippen molar-refractivity contribution < 1.29 is 4.79 Å². The highest BCUT2D eigenvalue weighted by Gasteiger charge is 2.19. The van der Waals surface area contributed by atoms with E-state index in [1.807, 2.05) is 5.38 Å². The minimum absolute atomic E-state index is 0.0415.